The molecule has 1 aromatic carbocycles. The Labute approximate surface area is 123 Å². The molecule has 1 heterocycles. The molecule has 110 valence electrons. The van der Waals surface area contributed by atoms with Gasteiger partial charge in [0.2, 0.25) is 5.91 Å². The van der Waals surface area contributed by atoms with Crippen molar-refractivity contribution < 1.29 is 9.32 Å². The zero-order valence-electron chi connectivity index (χ0n) is 12.0. The van der Waals surface area contributed by atoms with Crippen LogP contribution in [0.2, 0.25) is 0 Å². The second kappa shape index (κ2) is 5.17. The molecule has 0 radical (unpaired) electrons. The Hall–Kier alpha value is -1.84. The predicted octanol–water partition coefficient (Wildman–Crippen LogP) is 2.92. The summed E-state index contributed by atoms with van der Waals surface area (Å²) in [6.45, 7) is 0.829. The summed E-state index contributed by atoms with van der Waals surface area (Å²) in [5, 5.41) is 8.05. The summed E-state index contributed by atoms with van der Waals surface area (Å²) >= 11 is 0. The number of hydrogen-bond donors (Lipinski definition) is 1. The van der Waals surface area contributed by atoms with E-state index in [1.54, 1.807) is 0 Å². The minimum atomic E-state index is 0.0526. The van der Waals surface area contributed by atoms with Gasteiger partial charge in [-0.15, -0.1) is 0 Å². The molecule has 2 bridgehead atoms. The van der Waals surface area contributed by atoms with E-state index in [1.807, 2.05) is 24.3 Å². The van der Waals surface area contributed by atoms with Gasteiger partial charge < -0.3 is 9.84 Å². The van der Waals surface area contributed by atoms with Crippen molar-refractivity contribution in [1.29, 1.82) is 0 Å². The second-order valence-electron chi connectivity index (χ2n) is 6.54. The standard InChI is InChI=1S/C17H20N2O2/c20-17(18-10-13-8-11-5-6-12(13)7-11)9-15-14-3-1-2-4-16(14)21-19-15/h1-4,11-13H,5-10H2,(H,18,20). The average Bonchev–Trinajstić information content (AvgIpc) is 3.21. The van der Waals surface area contributed by atoms with Crippen LogP contribution in [0, 0.1) is 17.8 Å². The summed E-state index contributed by atoms with van der Waals surface area (Å²) < 4.78 is 5.24. The Bertz CT molecular complexity index is 664. The first kappa shape index (κ1) is 12.9. The van der Waals surface area contributed by atoms with Gasteiger partial charge in [-0.1, -0.05) is 23.7 Å². The van der Waals surface area contributed by atoms with Crippen LogP contribution >= 0.6 is 0 Å². The van der Waals surface area contributed by atoms with E-state index >= 15 is 0 Å². The van der Waals surface area contributed by atoms with Gasteiger partial charge in [-0.05, 0) is 49.1 Å². The molecule has 1 amide bonds. The molecule has 4 rings (SSSR count). The fraction of sp³-hybridized carbons (Fsp3) is 0.529. The molecule has 4 heteroatoms. The number of hydrogen-bond acceptors (Lipinski definition) is 3. The zero-order valence-corrected chi connectivity index (χ0v) is 12.0. The third-order valence-electron chi connectivity index (χ3n) is 5.23. The number of carbonyl (C=O) groups excluding carboxylic acids is 1. The SMILES string of the molecule is O=C(Cc1noc2ccccc12)NCC1CC2CCC1C2. The summed E-state index contributed by atoms with van der Waals surface area (Å²) in [6.07, 6.45) is 5.75. The van der Waals surface area contributed by atoms with Crippen LogP contribution in [0.15, 0.2) is 28.8 Å². The summed E-state index contributed by atoms with van der Waals surface area (Å²) in [4.78, 5) is 12.1. The summed E-state index contributed by atoms with van der Waals surface area (Å²) in [6, 6.07) is 7.67. The Morgan fingerprint density at radius 3 is 3.00 bits per heavy atom. The number of carbonyl (C=O) groups is 1. The van der Waals surface area contributed by atoms with Crippen LogP contribution in [-0.2, 0) is 11.2 Å². The lowest BCUT2D eigenvalue weighted by Crippen LogP contribution is -2.32. The molecular formula is C17H20N2O2. The maximum atomic E-state index is 12.1. The smallest absolute Gasteiger partial charge is 0.226 e. The van der Waals surface area contributed by atoms with Gasteiger partial charge in [0.15, 0.2) is 5.58 Å². The number of amides is 1. The molecule has 2 aliphatic rings. The highest BCUT2D eigenvalue weighted by Crippen LogP contribution is 2.47. The average molecular weight is 284 g/mol. The van der Waals surface area contributed by atoms with Crippen LogP contribution < -0.4 is 5.32 Å². The topological polar surface area (TPSA) is 55.1 Å². The molecule has 0 saturated heterocycles. The van der Waals surface area contributed by atoms with Crippen molar-refractivity contribution in [2.24, 2.45) is 17.8 Å². The molecule has 2 saturated carbocycles. The summed E-state index contributed by atoms with van der Waals surface area (Å²) in [5.41, 5.74) is 1.48. The van der Waals surface area contributed by atoms with Gasteiger partial charge in [0.05, 0.1) is 6.42 Å². The van der Waals surface area contributed by atoms with Gasteiger partial charge in [-0.3, -0.25) is 4.79 Å². The number of nitrogens with one attached hydrogen (secondary N) is 1. The first-order chi connectivity index (χ1) is 10.3. The van der Waals surface area contributed by atoms with Crippen molar-refractivity contribution in [1.82, 2.24) is 10.5 Å². The number of rotatable bonds is 4. The first-order valence-electron chi connectivity index (χ1n) is 7.89. The fourth-order valence-corrected chi connectivity index (χ4v) is 4.15. The van der Waals surface area contributed by atoms with Gasteiger partial charge >= 0.3 is 0 Å². The number of nitrogens with zero attached hydrogens (tertiary/aromatic N) is 1. The van der Waals surface area contributed by atoms with E-state index in [0.717, 1.165) is 35.0 Å². The zero-order chi connectivity index (χ0) is 14.2. The molecule has 0 spiro atoms. The molecule has 2 aliphatic carbocycles. The lowest BCUT2D eigenvalue weighted by Gasteiger charge is -2.21. The Morgan fingerprint density at radius 2 is 2.19 bits per heavy atom. The third-order valence-corrected chi connectivity index (χ3v) is 5.23. The molecule has 21 heavy (non-hydrogen) atoms. The lowest BCUT2D eigenvalue weighted by molar-refractivity contribution is -0.120. The Balaban J connectivity index is 1.35. The van der Waals surface area contributed by atoms with Gasteiger partial charge in [0.1, 0.15) is 5.69 Å². The molecule has 4 nitrogen and oxygen atoms in total. The van der Waals surface area contributed by atoms with Crippen LogP contribution in [0.5, 0.6) is 0 Å². The lowest BCUT2D eigenvalue weighted by atomic mass is 9.89. The largest absolute Gasteiger partial charge is 0.356 e. The predicted molar refractivity (Wildman–Crippen MR) is 79.7 cm³/mol. The number of aromatic nitrogens is 1. The van der Waals surface area contributed by atoms with Crippen LogP contribution in [0.3, 0.4) is 0 Å². The maximum Gasteiger partial charge on any atom is 0.226 e. The Kier molecular flexibility index (Phi) is 3.17. The van der Waals surface area contributed by atoms with Crippen molar-refractivity contribution in [3.05, 3.63) is 30.0 Å². The molecule has 1 N–H and O–H groups in total. The number of benzene rings is 1. The van der Waals surface area contributed by atoms with E-state index in [4.69, 9.17) is 4.52 Å². The molecule has 1 aromatic heterocycles. The van der Waals surface area contributed by atoms with Gasteiger partial charge in [0.25, 0.3) is 0 Å². The van der Waals surface area contributed by atoms with Crippen molar-refractivity contribution in [3.63, 3.8) is 0 Å². The minimum Gasteiger partial charge on any atom is -0.356 e. The van der Waals surface area contributed by atoms with E-state index in [0.29, 0.717) is 12.3 Å². The number of para-hydroxylation sites is 1. The fourth-order valence-electron chi connectivity index (χ4n) is 4.15. The molecule has 2 fully saturated rings. The second-order valence-corrected chi connectivity index (χ2v) is 6.54. The normalized spacial score (nSPS) is 27.3. The van der Waals surface area contributed by atoms with E-state index in [9.17, 15) is 4.79 Å². The maximum absolute atomic E-state index is 12.1. The molecule has 3 unspecified atom stereocenters. The van der Waals surface area contributed by atoms with Crippen molar-refractivity contribution >= 4 is 16.9 Å². The van der Waals surface area contributed by atoms with Crippen LogP contribution in [-0.4, -0.2) is 17.6 Å². The van der Waals surface area contributed by atoms with Crippen LogP contribution in [0.25, 0.3) is 11.0 Å². The van der Waals surface area contributed by atoms with E-state index in [1.165, 1.54) is 25.7 Å². The third kappa shape index (κ3) is 2.43. The highest BCUT2D eigenvalue weighted by molar-refractivity contribution is 5.86. The van der Waals surface area contributed by atoms with Crippen molar-refractivity contribution in [3.8, 4) is 0 Å². The molecule has 3 atom stereocenters. The summed E-state index contributed by atoms with van der Waals surface area (Å²) in [5.74, 6) is 2.53. The highest BCUT2D eigenvalue weighted by Gasteiger charge is 2.39. The highest BCUT2D eigenvalue weighted by atomic mass is 16.5. The van der Waals surface area contributed by atoms with Gasteiger partial charge in [-0.2, -0.15) is 0 Å². The monoisotopic (exact) mass is 284 g/mol. The van der Waals surface area contributed by atoms with E-state index in [2.05, 4.69) is 10.5 Å². The Morgan fingerprint density at radius 1 is 1.29 bits per heavy atom. The quantitative estimate of drug-likeness (QED) is 0.939. The van der Waals surface area contributed by atoms with Crippen LogP contribution in [0.1, 0.15) is 31.4 Å². The van der Waals surface area contributed by atoms with Crippen molar-refractivity contribution in [2.45, 2.75) is 32.1 Å². The van der Waals surface area contributed by atoms with Gasteiger partial charge in [0, 0.05) is 11.9 Å². The molecule has 0 aliphatic heterocycles. The van der Waals surface area contributed by atoms with E-state index < -0.39 is 0 Å². The van der Waals surface area contributed by atoms with E-state index in [-0.39, 0.29) is 5.91 Å². The van der Waals surface area contributed by atoms with Crippen molar-refractivity contribution in [2.75, 3.05) is 6.54 Å². The van der Waals surface area contributed by atoms with Crippen LogP contribution in [0.4, 0.5) is 0 Å². The summed E-state index contributed by atoms with van der Waals surface area (Å²) in [7, 11) is 0. The molecule has 2 aromatic rings. The van der Waals surface area contributed by atoms with Gasteiger partial charge in [-0.25, -0.2) is 0 Å². The number of fused-ring (bicyclic) bond motifs is 3. The first-order valence-corrected chi connectivity index (χ1v) is 7.89. The minimum absolute atomic E-state index is 0.0526. The molecular weight excluding hydrogens is 264 g/mol.